The maximum atomic E-state index is 11.8. The number of hydrogen-bond acceptors (Lipinski definition) is 2. The summed E-state index contributed by atoms with van der Waals surface area (Å²) in [6.07, 6.45) is 6.95. The fourth-order valence-electron chi connectivity index (χ4n) is 1.65. The maximum Gasteiger partial charge on any atom is 0.251 e. The summed E-state index contributed by atoms with van der Waals surface area (Å²) in [5.41, 5.74) is 1.52. The van der Waals surface area contributed by atoms with Gasteiger partial charge in [-0.2, -0.15) is 0 Å². The molecular formula is C16H18N2O2. The normalized spacial score (nSPS) is 14.0. The molecule has 0 heterocycles. The molecule has 1 aliphatic carbocycles. The van der Waals surface area contributed by atoms with Crippen molar-refractivity contribution in [1.29, 1.82) is 0 Å². The van der Waals surface area contributed by atoms with Gasteiger partial charge in [-0.3, -0.25) is 9.59 Å². The third-order valence-electron chi connectivity index (χ3n) is 2.93. The van der Waals surface area contributed by atoms with E-state index >= 15 is 0 Å². The minimum absolute atomic E-state index is 0.0354. The highest BCUT2D eigenvalue weighted by molar-refractivity contribution is 5.95. The lowest BCUT2D eigenvalue weighted by Gasteiger charge is -2.03. The lowest BCUT2D eigenvalue weighted by Crippen LogP contribution is -2.25. The van der Waals surface area contributed by atoms with Crippen LogP contribution in [0.5, 0.6) is 0 Å². The van der Waals surface area contributed by atoms with Crippen LogP contribution >= 0.6 is 0 Å². The molecule has 1 fully saturated rings. The van der Waals surface area contributed by atoms with E-state index < -0.39 is 0 Å². The molecule has 20 heavy (non-hydrogen) atoms. The van der Waals surface area contributed by atoms with Crippen molar-refractivity contribution in [3.63, 3.8) is 0 Å². The van der Waals surface area contributed by atoms with Gasteiger partial charge in [0.1, 0.15) is 0 Å². The molecule has 0 atom stereocenters. The summed E-state index contributed by atoms with van der Waals surface area (Å²) in [5.74, 6) is -0.202. The first-order valence-electron chi connectivity index (χ1n) is 6.67. The maximum absolute atomic E-state index is 11.8. The molecule has 0 spiro atoms. The van der Waals surface area contributed by atoms with E-state index in [1.54, 1.807) is 24.3 Å². The van der Waals surface area contributed by atoms with Crippen LogP contribution in [0.15, 0.2) is 43.0 Å². The number of rotatable bonds is 6. The Morgan fingerprint density at radius 3 is 2.55 bits per heavy atom. The summed E-state index contributed by atoms with van der Waals surface area (Å²) >= 11 is 0. The van der Waals surface area contributed by atoms with Gasteiger partial charge in [-0.15, -0.1) is 6.58 Å². The predicted molar refractivity (Wildman–Crippen MR) is 79.2 cm³/mol. The van der Waals surface area contributed by atoms with E-state index in [2.05, 4.69) is 17.2 Å². The molecular weight excluding hydrogens is 252 g/mol. The third-order valence-corrected chi connectivity index (χ3v) is 2.93. The molecule has 1 aromatic carbocycles. The molecule has 2 amide bonds. The van der Waals surface area contributed by atoms with Gasteiger partial charge in [0.05, 0.1) is 0 Å². The van der Waals surface area contributed by atoms with Crippen LogP contribution in [-0.4, -0.2) is 24.4 Å². The largest absolute Gasteiger partial charge is 0.349 e. The van der Waals surface area contributed by atoms with Gasteiger partial charge in [-0.1, -0.05) is 18.2 Å². The number of amides is 2. The molecule has 0 aromatic heterocycles. The summed E-state index contributed by atoms with van der Waals surface area (Å²) in [4.78, 5) is 23.2. The summed E-state index contributed by atoms with van der Waals surface area (Å²) in [5, 5.41) is 5.59. The Kier molecular flexibility index (Phi) is 4.71. The highest BCUT2D eigenvalue weighted by Gasteiger charge is 2.23. The fourth-order valence-corrected chi connectivity index (χ4v) is 1.65. The quantitative estimate of drug-likeness (QED) is 0.612. The first-order chi connectivity index (χ1) is 9.69. The highest BCUT2D eigenvalue weighted by Crippen LogP contribution is 2.19. The van der Waals surface area contributed by atoms with E-state index in [1.807, 2.05) is 12.1 Å². The molecule has 0 saturated heterocycles. The first-order valence-corrected chi connectivity index (χ1v) is 6.67. The van der Waals surface area contributed by atoms with Crippen LogP contribution in [0.2, 0.25) is 0 Å². The second-order valence-electron chi connectivity index (χ2n) is 4.74. The molecule has 1 aromatic rings. The lowest BCUT2D eigenvalue weighted by atomic mass is 10.1. The Balaban J connectivity index is 1.90. The molecule has 1 saturated carbocycles. The van der Waals surface area contributed by atoms with Gasteiger partial charge >= 0.3 is 0 Å². The van der Waals surface area contributed by atoms with Crippen molar-refractivity contribution < 1.29 is 9.59 Å². The van der Waals surface area contributed by atoms with Crippen molar-refractivity contribution in [3.8, 4) is 0 Å². The van der Waals surface area contributed by atoms with Crippen LogP contribution in [0, 0.1) is 0 Å². The number of benzene rings is 1. The second kappa shape index (κ2) is 6.70. The summed E-state index contributed by atoms with van der Waals surface area (Å²) < 4.78 is 0. The van der Waals surface area contributed by atoms with Gasteiger partial charge in [0.2, 0.25) is 5.91 Å². The van der Waals surface area contributed by atoms with E-state index in [9.17, 15) is 9.59 Å². The molecule has 104 valence electrons. The lowest BCUT2D eigenvalue weighted by molar-refractivity contribution is -0.116. The van der Waals surface area contributed by atoms with Gasteiger partial charge in [0, 0.05) is 24.2 Å². The van der Waals surface area contributed by atoms with Gasteiger partial charge < -0.3 is 10.6 Å². The molecule has 0 unspecified atom stereocenters. The van der Waals surface area contributed by atoms with Crippen LogP contribution < -0.4 is 10.6 Å². The van der Waals surface area contributed by atoms with Crippen molar-refractivity contribution in [2.24, 2.45) is 0 Å². The van der Waals surface area contributed by atoms with E-state index in [0.717, 1.165) is 18.4 Å². The van der Waals surface area contributed by atoms with Crippen molar-refractivity contribution in [1.82, 2.24) is 10.6 Å². The molecule has 0 aliphatic heterocycles. The van der Waals surface area contributed by atoms with Gasteiger partial charge in [0.15, 0.2) is 0 Å². The minimum Gasteiger partial charge on any atom is -0.349 e. The Morgan fingerprint density at radius 1 is 1.25 bits per heavy atom. The fraction of sp³-hybridized carbons (Fsp3) is 0.250. The van der Waals surface area contributed by atoms with Crippen LogP contribution in [0.25, 0.3) is 6.08 Å². The number of hydrogen-bond donors (Lipinski definition) is 2. The number of carbonyl (C=O) groups excluding carboxylic acids is 2. The second-order valence-corrected chi connectivity index (χ2v) is 4.74. The van der Waals surface area contributed by atoms with Crippen molar-refractivity contribution in [2.45, 2.75) is 18.9 Å². The molecule has 2 rings (SSSR count). The first kappa shape index (κ1) is 14.1. The van der Waals surface area contributed by atoms with Crippen molar-refractivity contribution in [2.75, 3.05) is 6.54 Å². The van der Waals surface area contributed by atoms with E-state index in [4.69, 9.17) is 0 Å². The Hall–Kier alpha value is -2.36. The summed E-state index contributed by atoms with van der Waals surface area (Å²) in [6.45, 7) is 3.97. The Labute approximate surface area is 118 Å². The zero-order chi connectivity index (χ0) is 14.4. The molecule has 0 radical (unpaired) electrons. The topological polar surface area (TPSA) is 58.2 Å². The number of carbonyl (C=O) groups is 2. The Bertz CT molecular complexity index is 528. The van der Waals surface area contributed by atoms with Gasteiger partial charge in [-0.05, 0) is 36.6 Å². The summed E-state index contributed by atoms with van der Waals surface area (Å²) in [6, 6.07) is 7.52. The average molecular weight is 270 g/mol. The third kappa shape index (κ3) is 4.39. The molecule has 1 aliphatic rings. The molecule has 4 heteroatoms. The molecule has 0 bridgehead atoms. The predicted octanol–water partition coefficient (Wildman–Crippen LogP) is 1.89. The molecule has 2 N–H and O–H groups in total. The summed E-state index contributed by atoms with van der Waals surface area (Å²) in [7, 11) is 0. The zero-order valence-electron chi connectivity index (χ0n) is 11.3. The molecule has 4 nitrogen and oxygen atoms in total. The van der Waals surface area contributed by atoms with Crippen LogP contribution in [-0.2, 0) is 4.79 Å². The van der Waals surface area contributed by atoms with E-state index in [1.165, 1.54) is 6.08 Å². The SMILES string of the molecule is C=CCNC(=O)/C=C/c1ccc(C(=O)NC2CC2)cc1. The number of nitrogens with one attached hydrogen (secondary N) is 2. The average Bonchev–Trinajstić information content (AvgIpc) is 3.27. The van der Waals surface area contributed by atoms with Gasteiger partial charge in [-0.25, -0.2) is 0 Å². The zero-order valence-corrected chi connectivity index (χ0v) is 11.3. The monoisotopic (exact) mass is 270 g/mol. The smallest absolute Gasteiger partial charge is 0.251 e. The Morgan fingerprint density at radius 2 is 1.95 bits per heavy atom. The van der Waals surface area contributed by atoms with Crippen LogP contribution in [0.1, 0.15) is 28.8 Å². The van der Waals surface area contributed by atoms with Crippen molar-refractivity contribution >= 4 is 17.9 Å². The van der Waals surface area contributed by atoms with Crippen molar-refractivity contribution in [3.05, 3.63) is 54.1 Å². The van der Waals surface area contributed by atoms with Crippen LogP contribution in [0.4, 0.5) is 0 Å². The minimum atomic E-state index is -0.166. The van der Waals surface area contributed by atoms with Crippen LogP contribution in [0.3, 0.4) is 0 Å². The van der Waals surface area contributed by atoms with Gasteiger partial charge in [0.25, 0.3) is 5.91 Å². The van der Waals surface area contributed by atoms with E-state index in [0.29, 0.717) is 18.2 Å². The standard InChI is InChI=1S/C16H18N2O2/c1-2-11-17-15(19)10-5-12-3-6-13(7-4-12)16(20)18-14-8-9-14/h2-7,10,14H,1,8-9,11H2,(H,17,19)(H,18,20)/b10-5+. The highest BCUT2D eigenvalue weighted by atomic mass is 16.2. The van der Waals surface area contributed by atoms with E-state index in [-0.39, 0.29) is 11.8 Å².